The predicted octanol–water partition coefficient (Wildman–Crippen LogP) is 1.73. The smallest absolute Gasteiger partial charge is 0.246 e. The number of aliphatic hydroxyl groups is 1. The van der Waals surface area contributed by atoms with Gasteiger partial charge in [-0.25, -0.2) is 0 Å². The van der Waals surface area contributed by atoms with Crippen LogP contribution in [0.1, 0.15) is 45.2 Å². The van der Waals surface area contributed by atoms with Crippen molar-refractivity contribution in [3.8, 4) is 0 Å². The molecule has 0 spiro atoms. The van der Waals surface area contributed by atoms with Gasteiger partial charge >= 0.3 is 0 Å². The molecule has 2 heterocycles. The van der Waals surface area contributed by atoms with Gasteiger partial charge in [-0.05, 0) is 52.5 Å². The number of nitrogens with one attached hydrogen (secondary N) is 1. The summed E-state index contributed by atoms with van der Waals surface area (Å²) in [5.41, 5.74) is -1.05. The summed E-state index contributed by atoms with van der Waals surface area (Å²) in [6, 6.07) is 1.61. The molecular weight excluding hydrogens is 310 g/mol. The molecular formula is C17H27N3O4. The zero-order chi connectivity index (χ0) is 17.4. The normalized spacial score (nSPS) is 21.0. The first-order chi connectivity index (χ1) is 11.3. The van der Waals surface area contributed by atoms with Gasteiger partial charge in [-0.3, -0.25) is 15.0 Å². The van der Waals surface area contributed by atoms with E-state index < -0.39 is 11.1 Å². The van der Waals surface area contributed by atoms with Gasteiger partial charge in [0.1, 0.15) is 11.3 Å². The Balaban J connectivity index is 1.58. The number of ether oxygens (including phenoxy) is 1. The summed E-state index contributed by atoms with van der Waals surface area (Å²) >= 11 is 0. The maximum Gasteiger partial charge on any atom is 0.246 e. The molecule has 24 heavy (non-hydrogen) atoms. The van der Waals surface area contributed by atoms with Gasteiger partial charge in [-0.2, -0.15) is 0 Å². The van der Waals surface area contributed by atoms with Crippen LogP contribution < -0.4 is 5.32 Å². The number of hydrogen-bond donors (Lipinski definition) is 2. The van der Waals surface area contributed by atoms with Crippen LogP contribution >= 0.6 is 0 Å². The second-order valence-corrected chi connectivity index (χ2v) is 7.56. The third-order valence-corrected chi connectivity index (χ3v) is 5.33. The molecule has 3 rings (SSSR count). The van der Waals surface area contributed by atoms with E-state index in [9.17, 15) is 9.90 Å². The second kappa shape index (κ2) is 6.46. The number of aromatic nitrogens is 1. The minimum atomic E-state index is -0.859. The Bertz CT molecular complexity index is 588. The molecule has 7 heteroatoms. The van der Waals surface area contributed by atoms with Crippen LogP contribution in [0.4, 0.5) is 5.88 Å². The van der Waals surface area contributed by atoms with Crippen LogP contribution in [0.25, 0.3) is 0 Å². The molecule has 0 bridgehead atoms. The molecule has 1 aliphatic carbocycles. The van der Waals surface area contributed by atoms with E-state index in [0.717, 1.165) is 32.6 Å². The number of anilines is 1. The Kier molecular flexibility index (Phi) is 4.68. The molecule has 2 N–H and O–H groups in total. The first-order valence-corrected chi connectivity index (χ1v) is 8.61. The van der Waals surface area contributed by atoms with Crippen molar-refractivity contribution >= 4 is 11.8 Å². The molecule has 1 saturated carbocycles. The first kappa shape index (κ1) is 17.4. The van der Waals surface area contributed by atoms with Crippen molar-refractivity contribution in [2.75, 3.05) is 32.1 Å². The van der Waals surface area contributed by atoms with Crippen molar-refractivity contribution in [1.29, 1.82) is 0 Å². The number of rotatable bonds is 6. The minimum Gasteiger partial charge on any atom is -0.383 e. The average Bonchev–Trinajstić information content (AvgIpc) is 3.12. The van der Waals surface area contributed by atoms with Crippen molar-refractivity contribution in [1.82, 2.24) is 10.1 Å². The molecule has 1 amide bonds. The van der Waals surface area contributed by atoms with E-state index in [1.807, 2.05) is 20.9 Å². The Hall–Kier alpha value is -1.44. The first-order valence-electron chi connectivity index (χ1n) is 8.61. The van der Waals surface area contributed by atoms with Gasteiger partial charge in [0.05, 0.1) is 5.54 Å². The van der Waals surface area contributed by atoms with E-state index in [1.165, 1.54) is 0 Å². The molecule has 0 radical (unpaired) electrons. The van der Waals surface area contributed by atoms with Gasteiger partial charge in [0.2, 0.25) is 11.8 Å². The molecule has 0 unspecified atom stereocenters. The summed E-state index contributed by atoms with van der Waals surface area (Å²) in [7, 11) is 1.97. The zero-order valence-electron chi connectivity index (χ0n) is 14.7. The number of amides is 1. The fourth-order valence-electron chi connectivity index (χ4n) is 2.91. The fraction of sp³-hybridized carbons (Fsp3) is 0.765. The molecule has 0 aromatic carbocycles. The topological polar surface area (TPSA) is 87.8 Å². The lowest BCUT2D eigenvalue weighted by molar-refractivity contribution is -0.126. The highest BCUT2D eigenvalue weighted by molar-refractivity contribution is 5.96. The number of hydrogen-bond acceptors (Lipinski definition) is 6. The van der Waals surface area contributed by atoms with Crippen molar-refractivity contribution in [2.45, 2.75) is 50.7 Å². The number of carbonyl (C=O) groups is 1. The quantitative estimate of drug-likeness (QED) is 0.822. The molecule has 7 nitrogen and oxygen atoms in total. The van der Waals surface area contributed by atoms with Crippen LogP contribution in [-0.2, 0) is 15.1 Å². The highest BCUT2D eigenvalue weighted by atomic mass is 16.5. The maximum absolute atomic E-state index is 12.7. The molecule has 1 aliphatic heterocycles. The Morgan fingerprint density at radius 3 is 2.75 bits per heavy atom. The fourth-order valence-corrected chi connectivity index (χ4v) is 2.91. The van der Waals surface area contributed by atoms with Gasteiger partial charge in [-0.1, -0.05) is 5.16 Å². The summed E-state index contributed by atoms with van der Waals surface area (Å²) in [5, 5.41) is 16.7. The summed E-state index contributed by atoms with van der Waals surface area (Å²) in [4.78, 5) is 14.7. The lowest BCUT2D eigenvalue weighted by Crippen LogP contribution is -2.52. The standard InChI is InChI=1S/C17H27N3O4/c1-16(2,20(3)11-12-4-8-23-9-5-12)15(21)18-14-10-13(19-24-14)17(22)6-7-17/h10,12,22H,4-9,11H2,1-3H3,(H,18,21). The summed E-state index contributed by atoms with van der Waals surface area (Å²) < 4.78 is 10.5. The monoisotopic (exact) mass is 337 g/mol. The van der Waals surface area contributed by atoms with E-state index in [0.29, 0.717) is 24.5 Å². The molecule has 0 atom stereocenters. The van der Waals surface area contributed by atoms with Crippen molar-refractivity contribution in [2.24, 2.45) is 5.92 Å². The molecule has 1 aromatic rings. The third kappa shape index (κ3) is 3.63. The van der Waals surface area contributed by atoms with Gasteiger partial charge < -0.3 is 14.4 Å². The van der Waals surface area contributed by atoms with Crippen molar-refractivity contribution < 1.29 is 19.2 Å². The summed E-state index contributed by atoms with van der Waals surface area (Å²) in [5.74, 6) is 0.683. The molecule has 134 valence electrons. The van der Waals surface area contributed by atoms with E-state index in [1.54, 1.807) is 6.07 Å². The second-order valence-electron chi connectivity index (χ2n) is 7.56. The lowest BCUT2D eigenvalue weighted by Gasteiger charge is -2.37. The van der Waals surface area contributed by atoms with Crippen LogP contribution in [0.5, 0.6) is 0 Å². The van der Waals surface area contributed by atoms with Crippen LogP contribution in [0, 0.1) is 5.92 Å². The van der Waals surface area contributed by atoms with Crippen molar-refractivity contribution in [3.63, 3.8) is 0 Å². The largest absolute Gasteiger partial charge is 0.383 e. The molecule has 2 fully saturated rings. The van der Waals surface area contributed by atoms with E-state index in [-0.39, 0.29) is 11.8 Å². The average molecular weight is 337 g/mol. The highest BCUT2D eigenvalue weighted by Gasteiger charge is 2.45. The number of carbonyl (C=O) groups excluding carboxylic acids is 1. The predicted molar refractivity (Wildman–Crippen MR) is 88.5 cm³/mol. The van der Waals surface area contributed by atoms with Gasteiger partial charge in [0.15, 0.2) is 0 Å². The van der Waals surface area contributed by atoms with E-state index >= 15 is 0 Å². The maximum atomic E-state index is 12.7. The van der Waals surface area contributed by atoms with Gasteiger partial charge in [0.25, 0.3) is 0 Å². The summed E-state index contributed by atoms with van der Waals surface area (Å²) in [6.45, 7) is 6.25. The zero-order valence-corrected chi connectivity index (χ0v) is 14.7. The molecule has 2 aliphatic rings. The third-order valence-electron chi connectivity index (χ3n) is 5.33. The Morgan fingerprint density at radius 2 is 2.12 bits per heavy atom. The molecule has 1 saturated heterocycles. The highest BCUT2D eigenvalue weighted by Crippen LogP contribution is 2.45. The minimum absolute atomic E-state index is 0.150. The van der Waals surface area contributed by atoms with Crippen LogP contribution in [0.2, 0.25) is 0 Å². The number of likely N-dealkylation sites (N-methyl/N-ethyl adjacent to an activating group) is 1. The van der Waals surface area contributed by atoms with E-state index in [2.05, 4.69) is 15.4 Å². The van der Waals surface area contributed by atoms with Crippen LogP contribution in [0.3, 0.4) is 0 Å². The van der Waals surface area contributed by atoms with E-state index in [4.69, 9.17) is 9.26 Å². The van der Waals surface area contributed by atoms with Gasteiger partial charge in [-0.15, -0.1) is 0 Å². The number of nitrogens with zero attached hydrogens (tertiary/aromatic N) is 2. The van der Waals surface area contributed by atoms with Crippen LogP contribution in [0.15, 0.2) is 10.6 Å². The summed E-state index contributed by atoms with van der Waals surface area (Å²) in [6.07, 6.45) is 3.44. The lowest BCUT2D eigenvalue weighted by atomic mass is 9.95. The van der Waals surface area contributed by atoms with Gasteiger partial charge in [0, 0.05) is 25.8 Å². The Morgan fingerprint density at radius 1 is 1.46 bits per heavy atom. The Labute approximate surface area is 142 Å². The molecule has 1 aromatic heterocycles. The van der Waals surface area contributed by atoms with Crippen molar-refractivity contribution in [3.05, 3.63) is 11.8 Å². The van der Waals surface area contributed by atoms with Crippen LogP contribution in [-0.4, -0.2) is 53.4 Å². The SMILES string of the molecule is CN(CC1CCOCC1)C(C)(C)C(=O)Nc1cc(C2(O)CC2)no1.